The van der Waals surface area contributed by atoms with Crippen molar-refractivity contribution >= 4 is 26.8 Å². The summed E-state index contributed by atoms with van der Waals surface area (Å²) in [5.74, 6) is -0.131. The van der Waals surface area contributed by atoms with Crippen molar-refractivity contribution in [2.75, 3.05) is 13.7 Å². The third-order valence-electron chi connectivity index (χ3n) is 6.18. The van der Waals surface area contributed by atoms with Crippen LogP contribution in [-0.4, -0.2) is 47.4 Å². The highest BCUT2D eigenvalue weighted by molar-refractivity contribution is 7.89. The molecule has 2 aromatic rings. The number of carbonyl (C=O) groups is 1. The van der Waals surface area contributed by atoms with Crippen molar-refractivity contribution in [3.8, 4) is 5.75 Å². The van der Waals surface area contributed by atoms with Gasteiger partial charge in [-0.3, -0.25) is 4.21 Å². The van der Waals surface area contributed by atoms with Crippen LogP contribution in [0.3, 0.4) is 0 Å². The summed E-state index contributed by atoms with van der Waals surface area (Å²) in [5.41, 5.74) is -0.483. The molecular weight excluding hydrogens is 555 g/mol. The van der Waals surface area contributed by atoms with Crippen molar-refractivity contribution < 1.29 is 40.1 Å². The van der Waals surface area contributed by atoms with Crippen LogP contribution in [0.15, 0.2) is 46.2 Å². The molecule has 0 aliphatic heterocycles. The van der Waals surface area contributed by atoms with Crippen LogP contribution in [0.2, 0.25) is 0 Å². The minimum atomic E-state index is -4.82. The Morgan fingerprint density at radius 1 is 1.15 bits per heavy atom. The minimum absolute atomic E-state index is 0.200. The zero-order chi connectivity index (χ0) is 29.3. The van der Waals surface area contributed by atoms with Gasteiger partial charge in [0.2, 0.25) is 10.0 Å². The Kier molecular flexibility index (Phi) is 9.23. The monoisotopic (exact) mass is 589 g/mol. The fraction of sp³-hybridized carbons (Fsp3) is 0.519. The van der Waals surface area contributed by atoms with E-state index in [4.69, 9.17) is 9.47 Å². The summed E-state index contributed by atoms with van der Waals surface area (Å²) < 4.78 is 93.0. The maximum atomic E-state index is 13.7. The number of ether oxygens (including phenoxy) is 2. The van der Waals surface area contributed by atoms with E-state index in [1.807, 2.05) is 0 Å². The Balaban J connectivity index is 1.97. The third kappa shape index (κ3) is 7.40. The molecule has 1 aliphatic carbocycles. The third-order valence-corrected chi connectivity index (χ3v) is 9.58. The highest BCUT2D eigenvalue weighted by Gasteiger charge is 2.37. The molecule has 7 nitrogen and oxygen atoms in total. The van der Waals surface area contributed by atoms with Crippen molar-refractivity contribution in [1.82, 2.24) is 4.31 Å². The molecular formula is C27H34F3NO6S2. The first-order chi connectivity index (χ1) is 17.9. The van der Waals surface area contributed by atoms with E-state index in [0.717, 1.165) is 22.0 Å². The molecule has 12 heteroatoms. The molecule has 0 bridgehead atoms. The average Bonchev–Trinajstić information content (AvgIpc) is 2.84. The minimum Gasteiger partial charge on any atom is -0.482 e. The Morgan fingerprint density at radius 2 is 1.82 bits per heavy atom. The first-order valence-electron chi connectivity index (χ1n) is 12.5. The van der Waals surface area contributed by atoms with Gasteiger partial charge in [-0.25, -0.2) is 13.2 Å². The van der Waals surface area contributed by atoms with Gasteiger partial charge in [0.15, 0.2) is 6.61 Å². The van der Waals surface area contributed by atoms with Gasteiger partial charge in [-0.05, 0) is 75.4 Å². The van der Waals surface area contributed by atoms with E-state index in [2.05, 4.69) is 0 Å². The van der Waals surface area contributed by atoms with Crippen molar-refractivity contribution in [3.63, 3.8) is 0 Å². The topological polar surface area (TPSA) is 90.0 Å². The van der Waals surface area contributed by atoms with Gasteiger partial charge in [0.25, 0.3) is 0 Å². The number of benzene rings is 2. The highest BCUT2D eigenvalue weighted by Crippen LogP contribution is 2.41. The molecule has 0 heterocycles. The van der Waals surface area contributed by atoms with E-state index in [-0.39, 0.29) is 11.5 Å². The zero-order valence-electron chi connectivity index (χ0n) is 22.8. The lowest BCUT2D eigenvalue weighted by Gasteiger charge is -2.33. The Labute approximate surface area is 230 Å². The predicted molar refractivity (Wildman–Crippen MR) is 141 cm³/mol. The number of esters is 1. The normalized spacial score (nSPS) is 17.2. The van der Waals surface area contributed by atoms with Gasteiger partial charge in [-0.1, -0.05) is 26.0 Å². The summed E-state index contributed by atoms with van der Waals surface area (Å²) in [4.78, 5) is 11.4. The second-order valence-corrected chi connectivity index (χ2v) is 14.7. The molecule has 0 N–H and O–H groups in total. The van der Waals surface area contributed by atoms with Gasteiger partial charge in [-0.2, -0.15) is 17.5 Å². The molecule has 216 valence electrons. The Morgan fingerprint density at radius 3 is 2.41 bits per heavy atom. The number of nitrogens with zero attached hydrogens (tertiary/aromatic N) is 1. The predicted octanol–water partition coefficient (Wildman–Crippen LogP) is 5.64. The maximum absolute atomic E-state index is 13.7. The molecule has 0 amide bonds. The van der Waals surface area contributed by atoms with Crippen LogP contribution in [0, 0.1) is 0 Å². The van der Waals surface area contributed by atoms with E-state index in [1.54, 1.807) is 52.8 Å². The number of fused-ring (bicyclic) bond motifs is 1. The van der Waals surface area contributed by atoms with Gasteiger partial charge < -0.3 is 9.47 Å². The molecule has 2 atom stereocenters. The standard InChI is InChI=1S/C27H34F3NO6S2/c1-17(2)38(33)19-13-18(27(28,29)30)14-20(15-19)39(34,35)31(6)23-11-7-10-22-21(23)9-8-12-24(22)36-16-25(32)37-26(3,4)5/h8-9,12-15,17,23H,7,10-11,16H2,1-6H3. The quantitative estimate of drug-likeness (QED) is 0.370. The van der Waals surface area contributed by atoms with E-state index in [9.17, 15) is 30.6 Å². The zero-order valence-corrected chi connectivity index (χ0v) is 24.4. The summed E-state index contributed by atoms with van der Waals surface area (Å²) in [7, 11) is -4.93. The summed E-state index contributed by atoms with van der Waals surface area (Å²) >= 11 is 0. The fourth-order valence-electron chi connectivity index (χ4n) is 4.42. The lowest BCUT2D eigenvalue weighted by molar-refractivity contribution is -0.157. The maximum Gasteiger partial charge on any atom is 0.416 e. The van der Waals surface area contributed by atoms with Crippen LogP contribution >= 0.6 is 0 Å². The lowest BCUT2D eigenvalue weighted by atomic mass is 9.87. The Bertz CT molecular complexity index is 1350. The first kappa shape index (κ1) is 31.1. The van der Waals surface area contributed by atoms with Crippen molar-refractivity contribution in [2.24, 2.45) is 0 Å². The van der Waals surface area contributed by atoms with Crippen LogP contribution in [0.25, 0.3) is 0 Å². The largest absolute Gasteiger partial charge is 0.482 e. The van der Waals surface area contributed by atoms with E-state index >= 15 is 0 Å². The van der Waals surface area contributed by atoms with E-state index in [1.165, 1.54) is 7.05 Å². The smallest absolute Gasteiger partial charge is 0.416 e. The number of sulfonamides is 1. The molecule has 0 fully saturated rings. The molecule has 0 saturated carbocycles. The van der Waals surface area contributed by atoms with Gasteiger partial charge in [-0.15, -0.1) is 0 Å². The molecule has 0 spiro atoms. The van der Waals surface area contributed by atoms with Gasteiger partial charge in [0, 0.05) is 17.2 Å². The summed E-state index contributed by atoms with van der Waals surface area (Å²) in [5, 5.41) is -0.508. The summed E-state index contributed by atoms with van der Waals surface area (Å²) in [6.45, 7) is 8.06. The molecule has 39 heavy (non-hydrogen) atoms. The van der Waals surface area contributed by atoms with Crippen LogP contribution in [0.1, 0.15) is 70.2 Å². The van der Waals surface area contributed by atoms with Crippen molar-refractivity contribution in [3.05, 3.63) is 53.1 Å². The number of hydrogen-bond donors (Lipinski definition) is 0. The van der Waals surface area contributed by atoms with E-state index < -0.39 is 60.3 Å². The molecule has 0 radical (unpaired) electrons. The molecule has 0 aromatic heterocycles. The van der Waals surface area contributed by atoms with E-state index in [0.29, 0.717) is 36.6 Å². The fourth-order valence-corrected chi connectivity index (χ4v) is 6.96. The summed E-state index contributed by atoms with van der Waals surface area (Å²) in [6.07, 6.45) is -3.22. The molecule has 1 aliphatic rings. The molecule has 2 aromatic carbocycles. The first-order valence-corrected chi connectivity index (χ1v) is 15.1. The van der Waals surface area contributed by atoms with Crippen LogP contribution in [0.4, 0.5) is 13.2 Å². The summed E-state index contributed by atoms with van der Waals surface area (Å²) in [6, 6.07) is 6.79. The molecule has 0 saturated heterocycles. The van der Waals surface area contributed by atoms with Crippen molar-refractivity contribution in [1.29, 1.82) is 0 Å². The van der Waals surface area contributed by atoms with Crippen LogP contribution < -0.4 is 4.74 Å². The van der Waals surface area contributed by atoms with Crippen LogP contribution in [0.5, 0.6) is 5.75 Å². The average molecular weight is 590 g/mol. The number of hydrogen-bond acceptors (Lipinski definition) is 6. The number of halogens is 3. The highest BCUT2D eigenvalue weighted by atomic mass is 32.2. The SMILES string of the molecule is CC(C)S(=O)c1cc(C(F)(F)F)cc(S(=O)(=O)N(C)C2CCCc3c(OCC(=O)OC(C)(C)C)cccc32)c1. The number of carbonyl (C=O) groups excluding carboxylic acids is 1. The molecule has 3 rings (SSSR count). The van der Waals surface area contributed by atoms with Gasteiger partial charge in [0.05, 0.1) is 27.3 Å². The van der Waals surface area contributed by atoms with Crippen LogP contribution in [-0.2, 0) is 43.0 Å². The van der Waals surface area contributed by atoms with Crippen molar-refractivity contribution in [2.45, 2.75) is 86.7 Å². The number of alkyl halides is 3. The second kappa shape index (κ2) is 11.6. The lowest BCUT2D eigenvalue weighted by Crippen LogP contribution is -2.34. The van der Waals surface area contributed by atoms with Gasteiger partial charge in [0.1, 0.15) is 11.4 Å². The van der Waals surface area contributed by atoms with Gasteiger partial charge >= 0.3 is 12.1 Å². The Hall–Kier alpha value is -2.44. The second-order valence-electron chi connectivity index (χ2n) is 10.7. The molecule has 2 unspecified atom stereocenters. The number of rotatable bonds is 8.